The Kier molecular flexibility index (Phi) is 3.73. The SMILES string of the molecule is Nc1cccc2c1CN(S(=O)(=O)C1CCCCC1)CC2. The highest BCUT2D eigenvalue weighted by Gasteiger charge is 2.35. The summed E-state index contributed by atoms with van der Waals surface area (Å²) in [6.07, 6.45) is 5.65. The minimum absolute atomic E-state index is 0.178. The first-order valence-electron chi connectivity index (χ1n) is 7.44. The van der Waals surface area contributed by atoms with E-state index in [1.807, 2.05) is 12.1 Å². The van der Waals surface area contributed by atoms with Crippen molar-refractivity contribution in [2.75, 3.05) is 12.3 Å². The van der Waals surface area contributed by atoms with Crippen LogP contribution in [0.15, 0.2) is 18.2 Å². The van der Waals surface area contributed by atoms with Gasteiger partial charge < -0.3 is 5.73 Å². The fourth-order valence-corrected chi connectivity index (χ4v) is 5.38. The fourth-order valence-electron chi connectivity index (χ4n) is 3.37. The molecule has 4 nitrogen and oxygen atoms in total. The average molecular weight is 294 g/mol. The number of fused-ring (bicyclic) bond motifs is 1. The average Bonchev–Trinajstić information content (AvgIpc) is 2.48. The molecule has 1 saturated carbocycles. The summed E-state index contributed by atoms with van der Waals surface area (Å²) in [6, 6.07) is 5.85. The maximum atomic E-state index is 12.7. The monoisotopic (exact) mass is 294 g/mol. The van der Waals surface area contributed by atoms with Crippen molar-refractivity contribution in [1.29, 1.82) is 0 Å². The lowest BCUT2D eigenvalue weighted by Gasteiger charge is -2.33. The summed E-state index contributed by atoms with van der Waals surface area (Å²) in [7, 11) is -3.17. The Labute approximate surface area is 121 Å². The van der Waals surface area contributed by atoms with Gasteiger partial charge in [0.25, 0.3) is 0 Å². The molecule has 0 radical (unpaired) electrons. The molecule has 0 saturated heterocycles. The van der Waals surface area contributed by atoms with Crippen LogP contribution in [0.2, 0.25) is 0 Å². The molecule has 1 aliphatic heterocycles. The Hall–Kier alpha value is -1.07. The highest BCUT2D eigenvalue weighted by molar-refractivity contribution is 7.89. The first-order chi connectivity index (χ1) is 9.59. The second-order valence-corrected chi connectivity index (χ2v) is 8.09. The zero-order chi connectivity index (χ0) is 14.2. The van der Waals surface area contributed by atoms with Crippen LogP contribution in [0.4, 0.5) is 5.69 Å². The van der Waals surface area contributed by atoms with Gasteiger partial charge in [-0.05, 0) is 36.5 Å². The molecule has 0 unspecified atom stereocenters. The molecular formula is C15H22N2O2S. The normalized spacial score (nSPS) is 21.6. The third kappa shape index (κ3) is 2.44. The van der Waals surface area contributed by atoms with Gasteiger partial charge in [0.2, 0.25) is 10.0 Å². The molecule has 5 heteroatoms. The van der Waals surface area contributed by atoms with E-state index in [9.17, 15) is 8.42 Å². The lowest BCUT2D eigenvalue weighted by molar-refractivity contribution is 0.371. The third-order valence-corrected chi connectivity index (χ3v) is 6.95. The van der Waals surface area contributed by atoms with Gasteiger partial charge in [-0.1, -0.05) is 31.4 Å². The summed E-state index contributed by atoms with van der Waals surface area (Å²) in [4.78, 5) is 0. The highest BCUT2D eigenvalue weighted by atomic mass is 32.2. The molecule has 1 aromatic carbocycles. The van der Waals surface area contributed by atoms with Crippen molar-refractivity contribution in [3.8, 4) is 0 Å². The Morgan fingerprint density at radius 3 is 2.65 bits per heavy atom. The van der Waals surface area contributed by atoms with Crippen molar-refractivity contribution < 1.29 is 8.42 Å². The van der Waals surface area contributed by atoms with Gasteiger partial charge in [0.1, 0.15) is 0 Å². The molecule has 0 bridgehead atoms. The molecule has 0 amide bonds. The van der Waals surface area contributed by atoms with Crippen LogP contribution >= 0.6 is 0 Å². The van der Waals surface area contributed by atoms with Gasteiger partial charge in [-0.15, -0.1) is 0 Å². The number of benzene rings is 1. The molecule has 0 atom stereocenters. The molecule has 0 spiro atoms. The summed E-state index contributed by atoms with van der Waals surface area (Å²) in [5, 5.41) is -0.178. The minimum atomic E-state index is -3.17. The molecule has 1 heterocycles. The highest BCUT2D eigenvalue weighted by Crippen LogP contribution is 2.31. The first-order valence-corrected chi connectivity index (χ1v) is 8.94. The maximum Gasteiger partial charge on any atom is 0.217 e. The third-order valence-electron chi connectivity index (χ3n) is 4.61. The summed E-state index contributed by atoms with van der Waals surface area (Å²) < 4.78 is 27.1. The van der Waals surface area contributed by atoms with Crippen LogP contribution in [0, 0.1) is 0 Å². The fraction of sp³-hybridized carbons (Fsp3) is 0.600. The van der Waals surface area contributed by atoms with Crippen LogP contribution in [-0.2, 0) is 23.0 Å². The summed E-state index contributed by atoms with van der Waals surface area (Å²) in [6.45, 7) is 1.04. The number of sulfonamides is 1. The van der Waals surface area contributed by atoms with Gasteiger partial charge >= 0.3 is 0 Å². The number of nitrogen functional groups attached to an aromatic ring is 1. The van der Waals surface area contributed by atoms with Gasteiger partial charge in [-0.2, -0.15) is 4.31 Å². The van der Waals surface area contributed by atoms with Crippen LogP contribution < -0.4 is 5.73 Å². The lowest BCUT2D eigenvalue weighted by Crippen LogP contribution is -2.42. The second kappa shape index (κ2) is 5.37. The zero-order valence-corrected chi connectivity index (χ0v) is 12.5. The van der Waals surface area contributed by atoms with Gasteiger partial charge in [0.15, 0.2) is 0 Å². The maximum absolute atomic E-state index is 12.7. The number of nitrogens with zero attached hydrogens (tertiary/aromatic N) is 1. The quantitative estimate of drug-likeness (QED) is 0.851. The van der Waals surface area contributed by atoms with Crippen molar-refractivity contribution in [3.05, 3.63) is 29.3 Å². The molecule has 3 rings (SSSR count). The van der Waals surface area contributed by atoms with Crippen LogP contribution in [0.25, 0.3) is 0 Å². The topological polar surface area (TPSA) is 63.4 Å². The zero-order valence-electron chi connectivity index (χ0n) is 11.7. The van der Waals surface area contributed by atoms with E-state index in [0.29, 0.717) is 18.8 Å². The standard InChI is InChI=1S/C15H22N2O2S/c16-15-8-4-5-12-9-10-17(11-14(12)15)20(18,19)13-6-2-1-3-7-13/h4-5,8,13H,1-3,6-7,9-11,16H2. The number of anilines is 1. The number of rotatable bonds is 2. The summed E-state index contributed by atoms with van der Waals surface area (Å²) >= 11 is 0. The van der Waals surface area contributed by atoms with Crippen molar-refractivity contribution >= 4 is 15.7 Å². The Morgan fingerprint density at radius 1 is 1.15 bits per heavy atom. The number of nitrogens with two attached hydrogens (primary N) is 1. The van der Waals surface area contributed by atoms with E-state index in [2.05, 4.69) is 6.07 Å². The molecular weight excluding hydrogens is 272 g/mol. The summed E-state index contributed by atoms with van der Waals surface area (Å²) in [5.41, 5.74) is 8.91. The van der Waals surface area contributed by atoms with Gasteiger partial charge in [0.05, 0.1) is 5.25 Å². The van der Waals surface area contributed by atoms with E-state index in [0.717, 1.165) is 37.7 Å². The molecule has 0 aromatic heterocycles. The molecule has 20 heavy (non-hydrogen) atoms. The van der Waals surface area contributed by atoms with Crippen molar-refractivity contribution in [3.63, 3.8) is 0 Å². The molecule has 110 valence electrons. The molecule has 1 aliphatic carbocycles. The predicted molar refractivity (Wildman–Crippen MR) is 80.8 cm³/mol. The van der Waals surface area contributed by atoms with Crippen molar-refractivity contribution in [1.82, 2.24) is 4.31 Å². The van der Waals surface area contributed by atoms with Gasteiger partial charge in [-0.3, -0.25) is 0 Å². The van der Waals surface area contributed by atoms with E-state index >= 15 is 0 Å². The molecule has 2 N–H and O–H groups in total. The molecule has 2 aliphatic rings. The van der Waals surface area contributed by atoms with Crippen LogP contribution in [-0.4, -0.2) is 24.5 Å². The van der Waals surface area contributed by atoms with E-state index in [1.54, 1.807) is 4.31 Å². The van der Waals surface area contributed by atoms with E-state index < -0.39 is 10.0 Å². The second-order valence-electron chi connectivity index (χ2n) is 5.87. The van der Waals surface area contributed by atoms with Crippen molar-refractivity contribution in [2.24, 2.45) is 0 Å². The Morgan fingerprint density at radius 2 is 1.90 bits per heavy atom. The van der Waals surface area contributed by atoms with E-state index in [-0.39, 0.29) is 5.25 Å². The van der Waals surface area contributed by atoms with Crippen LogP contribution in [0.1, 0.15) is 43.2 Å². The lowest BCUT2D eigenvalue weighted by atomic mass is 10.00. The van der Waals surface area contributed by atoms with E-state index in [1.165, 1.54) is 12.0 Å². The van der Waals surface area contributed by atoms with Crippen LogP contribution in [0.5, 0.6) is 0 Å². The predicted octanol–water partition coefficient (Wildman–Crippen LogP) is 2.29. The van der Waals surface area contributed by atoms with Crippen molar-refractivity contribution in [2.45, 2.75) is 50.3 Å². The minimum Gasteiger partial charge on any atom is -0.398 e. The smallest absolute Gasteiger partial charge is 0.217 e. The number of hydrogen-bond donors (Lipinski definition) is 1. The van der Waals surface area contributed by atoms with Gasteiger partial charge in [0, 0.05) is 18.8 Å². The molecule has 1 fully saturated rings. The first kappa shape index (κ1) is 13.9. The Balaban J connectivity index is 1.84. The largest absolute Gasteiger partial charge is 0.398 e. The van der Waals surface area contributed by atoms with E-state index in [4.69, 9.17) is 5.73 Å². The number of hydrogen-bond acceptors (Lipinski definition) is 3. The Bertz CT molecular complexity index is 592. The molecule has 1 aromatic rings. The van der Waals surface area contributed by atoms with Gasteiger partial charge in [-0.25, -0.2) is 8.42 Å². The summed E-state index contributed by atoms with van der Waals surface area (Å²) in [5.74, 6) is 0. The van der Waals surface area contributed by atoms with Crippen LogP contribution in [0.3, 0.4) is 0 Å².